The van der Waals surface area contributed by atoms with Gasteiger partial charge in [-0.25, -0.2) is 20.2 Å². The van der Waals surface area contributed by atoms with Gasteiger partial charge in [0.1, 0.15) is 0 Å². The van der Waals surface area contributed by atoms with Gasteiger partial charge in [-0.2, -0.15) is 5.10 Å². The number of aromatic nitrogens is 3. The number of pyridine rings is 1. The van der Waals surface area contributed by atoms with Crippen molar-refractivity contribution in [3.05, 3.63) is 46.3 Å². The van der Waals surface area contributed by atoms with Crippen LogP contribution < -0.4 is 11.2 Å². The lowest BCUT2D eigenvalue weighted by atomic mass is 10.1. The van der Waals surface area contributed by atoms with E-state index < -0.39 is 6.03 Å². The summed E-state index contributed by atoms with van der Waals surface area (Å²) in [6.07, 6.45) is 4.85. The second kappa shape index (κ2) is 6.46. The minimum atomic E-state index is -0.752. The summed E-state index contributed by atoms with van der Waals surface area (Å²) < 4.78 is 1.84. The van der Waals surface area contributed by atoms with Crippen LogP contribution >= 0.6 is 23.2 Å². The Kier molecular flexibility index (Phi) is 4.37. The SMILES string of the molecule is Cn1cncc1-c1cc(/C=N/NC(N)=O)c2cc(Cl)c(Cl)cc2n1. The van der Waals surface area contributed by atoms with E-state index in [1.165, 1.54) is 6.21 Å². The number of nitrogens with zero attached hydrogens (tertiary/aromatic N) is 4. The first-order chi connectivity index (χ1) is 11.5. The number of hydrogen-bond acceptors (Lipinski definition) is 4. The summed E-state index contributed by atoms with van der Waals surface area (Å²) in [6, 6.07) is 4.44. The molecule has 2 amide bonds. The number of benzene rings is 1. The number of carbonyl (C=O) groups excluding carboxylic acids is 1. The van der Waals surface area contributed by atoms with Crippen LogP contribution in [0.4, 0.5) is 4.79 Å². The van der Waals surface area contributed by atoms with Gasteiger partial charge in [-0.3, -0.25) is 0 Å². The summed E-state index contributed by atoms with van der Waals surface area (Å²) in [7, 11) is 1.87. The van der Waals surface area contributed by atoms with Crippen molar-refractivity contribution >= 4 is 46.4 Å². The van der Waals surface area contributed by atoms with E-state index >= 15 is 0 Å². The van der Waals surface area contributed by atoms with E-state index in [-0.39, 0.29) is 0 Å². The predicted molar refractivity (Wildman–Crippen MR) is 94.3 cm³/mol. The smallest absolute Gasteiger partial charge is 0.332 e. The number of primary amides is 1. The van der Waals surface area contributed by atoms with Gasteiger partial charge in [0.05, 0.1) is 45.7 Å². The minimum absolute atomic E-state index is 0.400. The normalized spacial score (nSPS) is 11.3. The van der Waals surface area contributed by atoms with Crippen molar-refractivity contribution in [3.63, 3.8) is 0 Å². The number of amides is 2. The van der Waals surface area contributed by atoms with Crippen LogP contribution in [0.5, 0.6) is 0 Å². The lowest BCUT2D eigenvalue weighted by Gasteiger charge is -2.08. The van der Waals surface area contributed by atoms with E-state index in [1.54, 1.807) is 24.7 Å². The lowest BCUT2D eigenvalue weighted by molar-refractivity contribution is 0.249. The molecule has 122 valence electrons. The molecule has 3 N–H and O–H groups in total. The van der Waals surface area contributed by atoms with Crippen molar-refractivity contribution in [3.8, 4) is 11.4 Å². The molecule has 2 aromatic heterocycles. The molecule has 0 spiro atoms. The van der Waals surface area contributed by atoms with Gasteiger partial charge in [0, 0.05) is 18.0 Å². The van der Waals surface area contributed by atoms with Gasteiger partial charge in [0.25, 0.3) is 0 Å². The molecule has 0 unspecified atom stereocenters. The van der Waals surface area contributed by atoms with E-state index in [0.717, 1.165) is 11.1 Å². The van der Waals surface area contributed by atoms with Crippen molar-refractivity contribution in [2.75, 3.05) is 0 Å². The molecule has 0 aliphatic heterocycles. The first-order valence-electron chi connectivity index (χ1n) is 6.80. The van der Waals surface area contributed by atoms with Crippen LogP contribution in [-0.2, 0) is 7.05 Å². The number of rotatable bonds is 3. The van der Waals surface area contributed by atoms with Crippen molar-refractivity contribution in [2.24, 2.45) is 17.9 Å². The number of urea groups is 1. The van der Waals surface area contributed by atoms with Gasteiger partial charge < -0.3 is 10.3 Å². The van der Waals surface area contributed by atoms with Gasteiger partial charge in [0.2, 0.25) is 0 Å². The number of carbonyl (C=O) groups is 1. The molecule has 9 heteroatoms. The molecule has 0 radical (unpaired) electrons. The number of aryl methyl sites for hydroxylation is 1. The summed E-state index contributed by atoms with van der Waals surface area (Å²) in [5, 5.41) is 5.35. The fraction of sp³-hybridized carbons (Fsp3) is 0.0667. The highest BCUT2D eigenvalue weighted by atomic mass is 35.5. The summed E-state index contributed by atoms with van der Waals surface area (Å²) in [5.74, 6) is 0. The van der Waals surface area contributed by atoms with Crippen molar-refractivity contribution in [1.82, 2.24) is 20.0 Å². The third kappa shape index (κ3) is 3.17. The zero-order chi connectivity index (χ0) is 17.3. The quantitative estimate of drug-likeness (QED) is 0.553. The predicted octanol–water partition coefficient (Wildman–Crippen LogP) is 2.94. The molecule has 2 heterocycles. The fourth-order valence-electron chi connectivity index (χ4n) is 2.25. The number of hydrazone groups is 1. The molecule has 0 aliphatic rings. The van der Waals surface area contributed by atoms with Crippen LogP contribution in [-0.4, -0.2) is 26.8 Å². The molecule has 3 rings (SSSR count). The minimum Gasteiger partial charge on any atom is -0.350 e. The Balaban J connectivity index is 2.21. The molecular weight excluding hydrogens is 351 g/mol. The third-order valence-corrected chi connectivity index (χ3v) is 4.06. The lowest BCUT2D eigenvalue weighted by Crippen LogP contribution is -2.24. The van der Waals surface area contributed by atoms with E-state index in [1.807, 2.05) is 17.7 Å². The number of imidazole rings is 1. The molecule has 0 fully saturated rings. The molecule has 1 aromatic carbocycles. The molecule has 0 aliphatic carbocycles. The van der Waals surface area contributed by atoms with E-state index in [2.05, 4.69) is 20.5 Å². The number of fused-ring (bicyclic) bond motifs is 1. The van der Waals surface area contributed by atoms with Gasteiger partial charge in [-0.05, 0) is 18.2 Å². The van der Waals surface area contributed by atoms with Crippen molar-refractivity contribution < 1.29 is 4.79 Å². The monoisotopic (exact) mass is 362 g/mol. The highest BCUT2D eigenvalue weighted by Crippen LogP contribution is 2.30. The van der Waals surface area contributed by atoms with Crippen LogP contribution in [0.3, 0.4) is 0 Å². The standard InChI is InChI=1S/C15H12Cl2N6O/c1-23-7-19-6-14(23)13-2-8(5-20-22-15(18)24)9-3-10(16)11(17)4-12(9)21-13/h2-7H,1H3,(H3,18,22,24)/b20-5+. The molecule has 24 heavy (non-hydrogen) atoms. The average molecular weight is 363 g/mol. The largest absolute Gasteiger partial charge is 0.350 e. The Labute approximate surface area is 147 Å². The zero-order valence-electron chi connectivity index (χ0n) is 12.5. The number of nitrogens with two attached hydrogens (primary N) is 1. The van der Waals surface area contributed by atoms with E-state index in [9.17, 15) is 4.79 Å². The maximum Gasteiger partial charge on any atom is 0.332 e. The number of hydrogen-bond donors (Lipinski definition) is 2. The third-order valence-electron chi connectivity index (χ3n) is 3.34. The first kappa shape index (κ1) is 16.2. The summed E-state index contributed by atoms with van der Waals surface area (Å²) in [5.41, 5.74) is 10.0. The Bertz CT molecular complexity index is 966. The Morgan fingerprint density at radius 2 is 2.08 bits per heavy atom. The Morgan fingerprint density at radius 1 is 1.33 bits per heavy atom. The van der Waals surface area contributed by atoms with Crippen LogP contribution in [0.15, 0.2) is 35.8 Å². The first-order valence-corrected chi connectivity index (χ1v) is 7.56. The molecule has 0 bridgehead atoms. The molecule has 0 saturated carbocycles. The van der Waals surface area contributed by atoms with Crippen molar-refractivity contribution in [1.29, 1.82) is 0 Å². The van der Waals surface area contributed by atoms with Gasteiger partial charge in [0.15, 0.2) is 0 Å². The highest BCUT2D eigenvalue weighted by molar-refractivity contribution is 6.42. The number of halogens is 2. The summed E-state index contributed by atoms with van der Waals surface area (Å²) >= 11 is 12.2. The van der Waals surface area contributed by atoms with Crippen molar-refractivity contribution in [2.45, 2.75) is 0 Å². The van der Waals surface area contributed by atoms with E-state index in [4.69, 9.17) is 28.9 Å². The van der Waals surface area contributed by atoms with Gasteiger partial charge in [-0.1, -0.05) is 23.2 Å². The molecule has 3 aromatic rings. The maximum absolute atomic E-state index is 10.8. The topological polar surface area (TPSA) is 98.2 Å². The van der Waals surface area contributed by atoms with E-state index in [0.29, 0.717) is 26.8 Å². The van der Waals surface area contributed by atoms with Gasteiger partial charge >= 0.3 is 6.03 Å². The summed E-state index contributed by atoms with van der Waals surface area (Å²) in [4.78, 5) is 19.5. The molecule has 7 nitrogen and oxygen atoms in total. The average Bonchev–Trinajstić information content (AvgIpc) is 2.94. The maximum atomic E-state index is 10.8. The summed E-state index contributed by atoms with van der Waals surface area (Å²) in [6.45, 7) is 0. The van der Waals surface area contributed by atoms with Gasteiger partial charge in [-0.15, -0.1) is 0 Å². The van der Waals surface area contributed by atoms with Crippen LogP contribution in [0.25, 0.3) is 22.3 Å². The molecule has 0 saturated heterocycles. The highest BCUT2D eigenvalue weighted by Gasteiger charge is 2.11. The zero-order valence-corrected chi connectivity index (χ0v) is 14.0. The second-order valence-corrected chi connectivity index (χ2v) is 5.82. The number of nitrogens with one attached hydrogen (secondary N) is 1. The van der Waals surface area contributed by atoms with Crippen LogP contribution in [0.1, 0.15) is 5.56 Å². The van der Waals surface area contributed by atoms with Crippen LogP contribution in [0, 0.1) is 0 Å². The second-order valence-electron chi connectivity index (χ2n) is 5.00. The Morgan fingerprint density at radius 3 is 2.75 bits per heavy atom. The Hall–Kier alpha value is -2.64. The molecule has 0 atom stereocenters. The molecular formula is C15H12Cl2N6O. The fourth-order valence-corrected chi connectivity index (χ4v) is 2.58. The van der Waals surface area contributed by atoms with Crippen LogP contribution in [0.2, 0.25) is 10.0 Å².